The van der Waals surface area contributed by atoms with Crippen LogP contribution in [0.3, 0.4) is 0 Å². The van der Waals surface area contributed by atoms with Gasteiger partial charge in [0.15, 0.2) is 0 Å². The molecule has 1 aromatic carbocycles. The zero-order valence-corrected chi connectivity index (χ0v) is 11.2. The van der Waals surface area contributed by atoms with Crippen LogP contribution in [0.15, 0.2) is 30.3 Å². The lowest BCUT2D eigenvalue weighted by molar-refractivity contribution is -0.121. The summed E-state index contributed by atoms with van der Waals surface area (Å²) in [6, 6.07) is 8.71. The number of hydrogen-bond acceptors (Lipinski definition) is 2. The Morgan fingerprint density at radius 2 is 1.88 bits per heavy atom. The highest BCUT2D eigenvalue weighted by molar-refractivity contribution is 9.10. The number of hydrogen-bond donors (Lipinski definition) is 2. The zero-order chi connectivity index (χ0) is 12.7. The first kappa shape index (κ1) is 13.7. The number of carbonyl (C=O) groups is 2. The van der Waals surface area contributed by atoms with Crippen molar-refractivity contribution >= 4 is 27.7 Å². The number of nitrogens with one attached hydrogen (secondary N) is 2. The number of amides is 2. The van der Waals surface area contributed by atoms with E-state index < -0.39 is 0 Å². The Morgan fingerprint density at radius 1 is 1.24 bits per heavy atom. The molecule has 0 saturated carbocycles. The predicted octanol–water partition coefficient (Wildman–Crippen LogP) is 2.01. The maximum Gasteiger partial charge on any atom is 0.269 e. The number of halogens is 1. The van der Waals surface area contributed by atoms with Gasteiger partial charge in [0.05, 0.1) is 4.83 Å². The van der Waals surface area contributed by atoms with Crippen molar-refractivity contribution in [3.8, 4) is 0 Å². The fraction of sp³-hybridized carbons (Fsp3) is 0.333. The van der Waals surface area contributed by atoms with Crippen LogP contribution in [0.4, 0.5) is 0 Å². The molecule has 92 valence electrons. The van der Waals surface area contributed by atoms with Crippen LogP contribution in [-0.4, -0.2) is 16.6 Å². The summed E-state index contributed by atoms with van der Waals surface area (Å²) in [4.78, 5) is 22.8. The van der Waals surface area contributed by atoms with E-state index in [-0.39, 0.29) is 16.6 Å². The lowest BCUT2D eigenvalue weighted by Crippen LogP contribution is -2.44. The molecule has 0 aromatic heterocycles. The monoisotopic (exact) mass is 298 g/mol. The molecule has 1 atom stereocenters. The molecule has 0 fully saturated rings. The molecule has 17 heavy (non-hydrogen) atoms. The number of benzene rings is 1. The summed E-state index contributed by atoms with van der Waals surface area (Å²) >= 11 is 3.25. The van der Waals surface area contributed by atoms with Crippen LogP contribution in [-0.2, 0) is 4.79 Å². The average molecular weight is 299 g/mol. The van der Waals surface area contributed by atoms with Gasteiger partial charge >= 0.3 is 0 Å². The Bertz CT molecular complexity index is 381. The Hall–Kier alpha value is -1.36. The van der Waals surface area contributed by atoms with Crippen molar-refractivity contribution in [3.05, 3.63) is 35.9 Å². The third-order valence-corrected chi connectivity index (χ3v) is 3.04. The third kappa shape index (κ3) is 4.56. The lowest BCUT2D eigenvalue weighted by Gasteiger charge is -2.10. The largest absolute Gasteiger partial charge is 0.272 e. The molecule has 4 nitrogen and oxygen atoms in total. The molecule has 0 radical (unpaired) electrons. The van der Waals surface area contributed by atoms with Gasteiger partial charge in [-0.1, -0.05) is 47.5 Å². The van der Waals surface area contributed by atoms with Crippen LogP contribution < -0.4 is 10.9 Å². The molecule has 0 aliphatic rings. The van der Waals surface area contributed by atoms with Crippen LogP contribution in [0.25, 0.3) is 0 Å². The van der Waals surface area contributed by atoms with Gasteiger partial charge in [0, 0.05) is 5.56 Å². The van der Waals surface area contributed by atoms with Gasteiger partial charge in [0.2, 0.25) is 0 Å². The quantitative estimate of drug-likeness (QED) is 0.660. The molecule has 2 amide bonds. The summed E-state index contributed by atoms with van der Waals surface area (Å²) < 4.78 is 0. The first-order valence-electron chi connectivity index (χ1n) is 5.44. The molecule has 5 heteroatoms. The predicted molar refractivity (Wildman–Crippen MR) is 69.7 cm³/mol. The molecular formula is C12H15BrN2O2. The summed E-state index contributed by atoms with van der Waals surface area (Å²) in [6.07, 6.45) is 1.63. The van der Waals surface area contributed by atoms with E-state index >= 15 is 0 Å². The van der Waals surface area contributed by atoms with Crippen molar-refractivity contribution in [1.82, 2.24) is 10.9 Å². The van der Waals surface area contributed by atoms with E-state index in [1.54, 1.807) is 24.3 Å². The topological polar surface area (TPSA) is 58.2 Å². The molecule has 1 rings (SSSR count). The second-order valence-electron chi connectivity index (χ2n) is 3.57. The van der Waals surface area contributed by atoms with Crippen LogP contribution in [0.5, 0.6) is 0 Å². The normalized spacial score (nSPS) is 11.6. The van der Waals surface area contributed by atoms with E-state index in [2.05, 4.69) is 26.8 Å². The summed E-state index contributed by atoms with van der Waals surface area (Å²) in [7, 11) is 0. The number of alkyl halides is 1. The summed E-state index contributed by atoms with van der Waals surface area (Å²) in [5.41, 5.74) is 5.26. The van der Waals surface area contributed by atoms with Crippen molar-refractivity contribution in [1.29, 1.82) is 0 Å². The Morgan fingerprint density at radius 3 is 2.47 bits per heavy atom. The van der Waals surface area contributed by atoms with E-state index in [4.69, 9.17) is 0 Å². The van der Waals surface area contributed by atoms with Gasteiger partial charge in [-0.3, -0.25) is 20.4 Å². The van der Waals surface area contributed by atoms with E-state index in [1.807, 2.05) is 13.0 Å². The zero-order valence-electron chi connectivity index (χ0n) is 9.57. The van der Waals surface area contributed by atoms with Crippen LogP contribution in [0, 0.1) is 0 Å². The minimum Gasteiger partial charge on any atom is -0.272 e. The lowest BCUT2D eigenvalue weighted by atomic mass is 10.2. The van der Waals surface area contributed by atoms with Crippen molar-refractivity contribution in [2.75, 3.05) is 0 Å². The second-order valence-corrected chi connectivity index (χ2v) is 4.67. The van der Waals surface area contributed by atoms with Gasteiger partial charge in [-0.05, 0) is 18.6 Å². The molecule has 2 N–H and O–H groups in total. The van der Waals surface area contributed by atoms with E-state index in [0.29, 0.717) is 5.56 Å². The highest BCUT2D eigenvalue weighted by Gasteiger charge is 2.14. The minimum absolute atomic E-state index is 0.240. The van der Waals surface area contributed by atoms with Crippen LogP contribution >= 0.6 is 15.9 Å². The fourth-order valence-corrected chi connectivity index (χ4v) is 1.82. The van der Waals surface area contributed by atoms with Gasteiger partial charge in [-0.25, -0.2) is 0 Å². The van der Waals surface area contributed by atoms with Crippen LogP contribution in [0.2, 0.25) is 0 Å². The Labute approximate surface area is 109 Å². The summed E-state index contributed by atoms with van der Waals surface area (Å²) in [5.74, 6) is -0.564. The summed E-state index contributed by atoms with van der Waals surface area (Å²) in [6.45, 7) is 1.99. The molecule has 0 saturated heterocycles. The average Bonchev–Trinajstić information content (AvgIpc) is 2.36. The molecule has 0 aliphatic heterocycles. The maximum atomic E-state index is 11.6. The Balaban J connectivity index is 2.41. The number of hydrazine groups is 1. The second kappa shape index (κ2) is 7.06. The first-order chi connectivity index (χ1) is 8.15. The Kier molecular flexibility index (Phi) is 5.69. The van der Waals surface area contributed by atoms with Gasteiger partial charge in [0.1, 0.15) is 0 Å². The van der Waals surface area contributed by atoms with E-state index in [9.17, 15) is 9.59 Å². The highest BCUT2D eigenvalue weighted by Crippen LogP contribution is 2.07. The third-order valence-electron chi connectivity index (χ3n) is 2.16. The van der Waals surface area contributed by atoms with Crippen molar-refractivity contribution in [2.45, 2.75) is 24.6 Å². The van der Waals surface area contributed by atoms with Crippen LogP contribution in [0.1, 0.15) is 30.1 Å². The molecule has 1 aromatic rings. The molecule has 1 unspecified atom stereocenters. The van der Waals surface area contributed by atoms with Gasteiger partial charge in [-0.2, -0.15) is 0 Å². The fourth-order valence-electron chi connectivity index (χ4n) is 1.24. The van der Waals surface area contributed by atoms with Crippen molar-refractivity contribution in [2.24, 2.45) is 0 Å². The van der Waals surface area contributed by atoms with Gasteiger partial charge in [0.25, 0.3) is 11.8 Å². The van der Waals surface area contributed by atoms with Crippen molar-refractivity contribution < 1.29 is 9.59 Å². The maximum absolute atomic E-state index is 11.6. The van der Waals surface area contributed by atoms with Gasteiger partial charge in [-0.15, -0.1) is 0 Å². The number of carbonyl (C=O) groups excluding carboxylic acids is 2. The molecule has 0 spiro atoms. The number of rotatable bonds is 4. The molecular weight excluding hydrogens is 284 g/mol. The standard InChI is InChI=1S/C12H15BrN2O2/c1-2-6-10(13)12(17)15-14-11(16)9-7-4-3-5-8-9/h3-5,7-8,10H,2,6H2,1H3,(H,14,16)(H,15,17). The van der Waals surface area contributed by atoms with E-state index in [1.165, 1.54) is 0 Å². The first-order valence-corrected chi connectivity index (χ1v) is 6.36. The molecule has 0 aliphatic carbocycles. The van der Waals surface area contributed by atoms with Gasteiger partial charge < -0.3 is 0 Å². The SMILES string of the molecule is CCCC(Br)C(=O)NNC(=O)c1ccccc1. The van der Waals surface area contributed by atoms with Crippen molar-refractivity contribution in [3.63, 3.8) is 0 Å². The highest BCUT2D eigenvalue weighted by atomic mass is 79.9. The summed E-state index contributed by atoms with van der Waals surface area (Å²) in [5, 5.41) is 0. The molecule has 0 heterocycles. The van der Waals surface area contributed by atoms with E-state index in [0.717, 1.165) is 12.8 Å². The minimum atomic E-state index is -0.324. The molecule has 0 bridgehead atoms. The smallest absolute Gasteiger partial charge is 0.269 e.